The lowest BCUT2D eigenvalue weighted by Gasteiger charge is -2.09. The largest absolute Gasteiger partial charge is 0.477 e. The van der Waals surface area contributed by atoms with Crippen molar-refractivity contribution >= 4 is 11.6 Å². The molecule has 15 heavy (non-hydrogen) atoms. The summed E-state index contributed by atoms with van der Waals surface area (Å²) in [5.41, 5.74) is 0.543. The lowest BCUT2D eigenvalue weighted by molar-refractivity contribution is -0.139. The van der Waals surface area contributed by atoms with Crippen LogP contribution >= 0.6 is 11.6 Å². The highest BCUT2D eigenvalue weighted by atomic mass is 35.5. The van der Waals surface area contributed by atoms with E-state index in [4.69, 9.17) is 16.3 Å². The minimum atomic E-state index is -4.23. The maximum absolute atomic E-state index is 11.8. The first-order chi connectivity index (χ1) is 6.88. The number of hydrogen-bond acceptors (Lipinski definition) is 3. The van der Waals surface area contributed by atoms with E-state index < -0.39 is 19.2 Å². The number of alkyl halides is 3. The van der Waals surface area contributed by atoms with Crippen LogP contribution in [0.5, 0.6) is 5.88 Å². The Labute approximate surface area is 89.2 Å². The van der Waals surface area contributed by atoms with Crippen molar-refractivity contribution < 1.29 is 17.9 Å². The third-order valence-electron chi connectivity index (χ3n) is 1.52. The van der Waals surface area contributed by atoms with Crippen molar-refractivity contribution in [1.29, 1.82) is 0 Å². The molecular formula is C8H8ClF3N2O. The molecule has 0 aliphatic rings. The Morgan fingerprint density at radius 1 is 1.47 bits per heavy atom. The molecule has 1 aromatic heterocycles. The fourth-order valence-corrected chi connectivity index (χ4v) is 0.941. The van der Waals surface area contributed by atoms with Gasteiger partial charge >= 0.3 is 6.18 Å². The van der Waals surface area contributed by atoms with Gasteiger partial charge in [0.15, 0.2) is 0 Å². The van der Waals surface area contributed by atoms with Crippen molar-refractivity contribution in [1.82, 2.24) is 9.97 Å². The molecule has 0 saturated carbocycles. The van der Waals surface area contributed by atoms with E-state index in [1.165, 1.54) is 6.20 Å². The van der Waals surface area contributed by atoms with Crippen LogP contribution in [0.3, 0.4) is 0 Å². The van der Waals surface area contributed by atoms with Crippen LogP contribution in [-0.2, 0) is 0 Å². The van der Waals surface area contributed by atoms with E-state index in [-0.39, 0.29) is 11.2 Å². The van der Waals surface area contributed by atoms with Gasteiger partial charge in [-0.25, -0.2) is 4.98 Å². The van der Waals surface area contributed by atoms with Gasteiger partial charge in [0.05, 0.1) is 13.0 Å². The van der Waals surface area contributed by atoms with E-state index in [2.05, 4.69) is 9.97 Å². The van der Waals surface area contributed by atoms with E-state index in [1.807, 2.05) is 0 Å². The fourth-order valence-electron chi connectivity index (χ4n) is 0.816. The lowest BCUT2D eigenvalue weighted by atomic mass is 10.4. The monoisotopic (exact) mass is 240 g/mol. The molecule has 0 aliphatic heterocycles. The van der Waals surface area contributed by atoms with Crippen LogP contribution in [0.2, 0.25) is 5.28 Å². The summed E-state index contributed by atoms with van der Waals surface area (Å²) in [7, 11) is 0. The first-order valence-electron chi connectivity index (χ1n) is 4.07. The molecule has 0 atom stereocenters. The van der Waals surface area contributed by atoms with Crippen LogP contribution < -0.4 is 4.74 Å². The average Bonchev–Trinajstić information content (AvgIpc) is 2.09. The minimum Gasteiger partial charge on any atom is -0.477 e. The van der Waals surface area contributed by atoms with Crippen LogP contribution in [0.1, 0.15) is 12.0 Å². The van der Waals surface area contributed by atoms with Crippen molar-refractivity contribution in [3.8, 4) is 5.88 Å². The number of aryl methyl sites for hydroxylation is 1. The second kappa shape index (κ2) is 4.65. The van der Waals surface area contributed by atoms with Gasteiger partial charge in [0.1, 0.15) is 0 Å². The third kappa shape index (κ3) is 4.33. The molecule has 0 fully saturated rings. The Morgan fingerprint density at radius 2 is 2.13 bits per heavy atom. The van der Waals surface area contributed by atoms with Crippen LogP contribution in [0.25, 0.3) is 0 Å². The molecule has 0 amide bonds. The van der Waals surface area contributed by atoms with E-state index in [1.54, 1.807) is 6.92 Å². The summed E-state index contributed by atoms with van der Waals surface area (Å²) in [5, 5.41) is -0.0531. The van der Waals surface area contributed by atoms with Gasteiger partial charge in [-0.1, -0.05) is 0 Å². The Hall–Kier alpha value is -1.04. The number of ether oxygens (including phenoxy) is 1. The van der Waals surface area contributed by atoms with Gasteiger partial charge in [-0.05, 0) is 18.5 Å². The van der Waals surface area contributed by atoms with E-state index in [0.717, 1.165) is 0 Å². The van der Waals surface area contributed by atoms with E-state index in [9.17, 15) is 13.2 Å². The highest BCUT2D eigenvalue weighted by Gasteiger charge is 2.27. The molecular weight excluding hydrogens is 233 g/mol. The SMILES string of the molecule is Cc1cnc(Cl)nc1OCCC(F)(F)F. The molecule has 1 aromatic rings. The molecule has 0 aliphatic carbocycles. The van der Waals surface area contributed by atoms with Crippen LogP contribution in [0.15, 0.2) is 6.20 Å². The second-order valence-electron chi connectivity index (χ2n) is 2.84. The number of rotatable bonds is 3. The molecule has 0 aromatic carbocycles. The summed E-state index contributed by atoms with van der Waals surface area (Å²) in [6, 6.07) is 0. The van der Waals surface area contributed by atoms with Gasteiger partial charge in [-0.3, -0.25) is 0 Å². The zero-order valence-electron chi connectivity index (χ0n) is 7.81. The van der Waals surface area contributed by atoms with Crippen molar-refractivity contribution in [3.63, 3.8) is 0 Å². The zero-order valence-corrected chi connectivity index (χ0v) is 8.56. The smallest absolute Gasteiger partial charge is 0.392 e. The maximum Gasteiger partial charge on any atom is 0.392 e. The standard InChI is InChI=1S/C8H8ClF3N2O/c1-5-4-13-7(9)14-6(5)15-3-2-8(10,11)12/h4H,2-3H2,1H3. The summed E-state index contributed by atoms with van der Waals surface area (Å²) in [6.45, 7) is 1.15. The van der Waals surface area contributed by atoms with Gasteiger partial charge in [0.25, 0.3) is 0 Å². The summed E-state index contributed by atoms with van der Waals surface area (Å²) < 4.78 is 40.2. The number of halogens is 4. The fraction of sp³-hybridized carbons (Fsp3) is 0.500. The molecule has 84 valence electrons. The molecule has 0 bridgehead atoms. The molecule has 1 rings (SSSR count). The zero-order chi connectivity index (χ0) is 11.5. The topological polar surface area (TPSA) is 35.0 Å². The van der Waals surface area contributed by atoms with Gasteiger partial charge in [0, 0.05) is 11.8 Å². The number of nitrogens with zero attached hydrogens (tertiary/aromatic N) is 2. The van der Waals surface area contributed by atoms with Crippen molar-refractivity contribution in [3.05, 3.63) is 17.0 Å². The maximum atomic E-state index is 11.8. The van der Waals surface area contributed by atoms with Crippen molar-refractivity contribution in [2.45, 2.75) is 19.5 Å². The van der Waals surface area contributed by atoms with Crippen molar-refractivity contribution in [2.24, 2.45) is 0 Å². The van der Waals surface area contributed by atoms with Gasteiger partial charge in [-0.15, -0.1) is 0 Å². The molecule has 0 saturated heterocycles. The average molecular weight is 241 g/mol. The van der Waals surface area contributed by atoms with Crippen LogP contribution in [-0.4, -0.2) is 22.8 Å². The summed E-state index contributed by atoms with van der Waals surface area (Å²) in [5.74, 6) is 0.0826. The highest BCUT2D eigenvalue weighted by Crippen LogP contribution is 2.21. The molecule has 0 spiro atoms. The first kappa shape index (κ1) is 12.0. The number of hydrogen-bond donors (Lipinski definition) is 0. The van der Waals surface area contributed by atoms with Crippen molar-refractivity contribution in [2.75, 3.05) is 6.61 Å². The third-order valence-corrected chi connectivity index (χ3v) is 1.70. The Bertz CT molecular complexity index is 343. The quantitative estimate of drug-likeness (QED) is 0.762. The molecule has 1 heterocycles. The van der Waals surface area contributed by atoms with Gasteiger partial charge < -0.3 is 4.74 Å². The predicted molar refractivity (Wildman–Crippen MR) is 47.9 cm³/mol. The Balaban J connectivity index is 2.54. The summed E-state index contributed by atoms with van der Waals surface area (Å²) >= 11 is 5.46. The van der Waals surface area contributed by atoms with E-state index in [0.29, 0.717) is 5.56 Å². The molecule has 7 heteroatoms. The normalized spacial score (nSPS) is 11.5. The molecule has 0 N–H and O–H groups in total. The van der Waals surface area contributed by atoms with Gasteiger partial charge in [-0.2, -0.15) is 18.2 Å². The first-order valence-corrected chi connectivity index (χ1v) is 4.45. The number of aromatic nitrogens is 2. The Kier molecular flexibility index (Phi) is 3.73. The predicted octanol–water partition coefficient (Wildman–Crippen LogP) is 2.77. The van der Waals surface area contributed by atoms with Crippen LogP contribution in [0, 0.1) is 6.92 Å². The van der Waals surface area contributed by atoms with E-state index >= 15 is 0 Å². The molecule has 0 unspecified atom stereocenters. The summed E-state index contributed by atoms with van der Waals surface area (Å²) in [4.78, 5) is 7.31. The van der Waals surface area contributed by atoms with Gasteiger partial charge in [0.2, 0.25) is 11.2 Å². The Morgan fingerprint density at radius 3 is 2.73 bits per heavy atom. The molecule has 0 radical (unpaired) electrons. The summed E-state index contributed by atoms with van der Waals surface area (Å²) in [6.07, 6.45) is -3.86. The lowest BCUT2D eigenvalue weighted by Crippen LogP contribution is -2.13. The minimum absolute atomic E-state index is 0.0531. The van der Waals surface area contributed by atoms with Crippen LogP contribution in [0.4, 0.5) is 13.2 Å². The second-order valence-corrected chi connectivity index (χ2v) is 3.18. The molecule has 3 nitrogen and oxygen atoms in total. The highest BCUT2D eigenvalue weighted by molar-refractivity contribution is 6.28.